The van der Waals surface area contributed by atoms with Crippen LogP contribution >= 0.6 is 0 Å². The summed E-state index contributed by atoms with van der Waals surface area (Å²) in [7, 11) is 3.94. The molecule has 0 aliphatic carbocycles. The third-order valence-corrected chi connectivity index (χ3v) is 3.40. The first kappa shape index (κ1) is 14.9. The molecule has 0 saturated carbocycles. The molecule has 0 aromatic heterocycles. The van der Waals surface area contributed by atoms with Crippen LogP contribution in [0.4, 0.5) is 11.4 Å². The molecule has 2 N–H and O–H groups in total. The van der Waals surface area contributed by atoms with Gasteiger partial charge in [-0.25, -0.2) is 0 Å². The van der Waals surface area contributed by atoms with Crippen LogP contribution in [0.1, 0.15) is 21.5 Å². The van der Waals surface area contributed by atoms with E-state index >= 15 is 0 Å². The number of carbonyl (C=O) groups is 1. The fourth-order valence-electron chi connectivity index (χ4n) is 2.27. The van der Waals surface area contributed by atoms with Crippen LogP contribution in [0.25, 0.3) is 0 Å². The Hall–Kier alpha value is -2.49. The summed E-state index contributed by atoms with van der Waals surface area (Å²) in [6, 6.07) is 10.5. The second-order valence-corrected chi connectivity index (χ2v) is 5.35. The topological polar surface area (TPSA) is 52.6 Å². The Morgan fingerprint density at radius 1 is 1.05 bits per heavy atom. The molecule has 2 aromatic carbocycles. The van der Waals surface area contributed by atoms with Gasteiger partial charge in [0.25, 0.3) is 5.91 Å². The van der Waals surface area contributed by atoms with Gasteiger partial charge in [0, 0.05) is 31.0 Å². The average molecular weight is 284 g/mol. The second kappa shape index (κ2) is 5.87. The highest BCUT2D eigenvalue weighted by Gasteiger charge is 2.11. The van der Waals surface area contributed by atoms with Crippen LogP contribution in [0.2, 0.25) is 0 Å². The average Bonchev–Trinajstić information content (AvgIpc) is 2.40. The van der Waals surface area contributed by atoms with Crippen molar-refractivity contribution < 1.29 is 9.90 Å². The molecule has 110 valence electrons. The molecular formula is C17H20N2O2. The minimum atomic E-state index is -0.180. The van der Waals surface area contributed by atoms with Crippen LogP contribution in [0.3, 0.4) is 0 Å². The molecular weight excluding hydrogens is 264 g/mol. The molecule has 4 heteroatoms. The minimum absolute atomic E-state index is 0.161. The lowest BCUT2D eigenvalue weighted by molar-refractivity contribution is 0.102. The summed E-state index contributed by atoms with van der Waals surface area (Å²) in [6.45, 7) is 3.83. The van der Waals surface area contributed by atoms with E-state index in [4.69, 9.17) is 0 Å². The lowest BCUT2D eigenvalue weighted by Crippen LogP contribution is -2.15. The molecule has 0 spiro atoms. The summed E-state index contributed by atoms with van der Waals surface area (Å²) >= 11 is 0. The number of aromatic hydroxyl groups is 1. The van der Waals surface area contributed by atoms with Crippen molar-refractivity contribution in [3.8, 4) is 5.75 Å². The van der Waals surface area contributed by atoms with Gasteiger partial charge in [-0.15, -0.1) is 0 Å². The zero-order valence-corrected chi connectivity index (χ0v) is 12.8. The molecule has 2 aromatic rings. The number of nitrogens with one attached hydrogen (secondary N) is 1. The molecule has 0 bridgehead atoms. The van der Waals surface area contributed by atoms with Crippen LogP contribution in [0.15, 0.2) is 36.4 Å². The standard InChI is InChI=1S/C17H20N2O2/c1-11-5-6-13(10-16(11)19(3)4)18-17(21)15-8-7-14(20)9-12(15)2/h5-10,20H,1-4H3,(H,18,21). The van der Waals surface area contributed by atoms with E-state index in [1.165, 1.54) is 6.07 Å². The first-order valence-electron chi connectivity index (χ1n) is 6.77. The Morgan fingerprint density at radius 3 is 2.38 bits per heavy atom. The van der Waals surface area contributed by atoms with E-state index in [2.05, 4.69) is 5.32 Å². The van der Waals surface area contributed by atoms with Crippen molar-refractivity contribution >= 4 is 17.3 Å². The Balaban J connectivity index is 2.25. The van der Waals surface area contributed by atoms with Crippen LogP contribution in [0.5, 0.6) is 5.75 Å². The van der Waals surface area contributed by atoms with Gasteiger partial charge in [-0.3, -0.25) is 4.79 Å². The van der Waals surface area contributed by atoms with Gasteiger partial charge in [0.1, 0.15) is 5.75 Å². The monoisotopic (exact) mass is 284 g/mol. The molecule has 0 fully saturated rings. The maximum absolute atomic E-state index is 12.3. The van der Waals surface area contributed by atoms with Gasteiger partial charge in [0.05, 0.1) is 0 Å². The Bertz CT molecular complexity index is 678. The molecule has 2 rings (SSSR count). The van der Waals surface area contributed by atoms with E-state index in [0.717, 1.165) is 22.5 Å². The number of anilines is 2. The van der Waals surface area contributed by atoms with E-state index in [1.807, 2.05) is 44.1 Å². The highest BCUT2D eigenvalue weighted by molar-refractivity contribution is 6.05. The number of phenols is 1. The zero-order valence-electron chi connectivity index (χ0n) is 12.8. The van der Waals surface area contributed by atoms with Crippen LogP contribution in [-0.2, 0) is 0 Å². The quantitative estimate of drug-likeness (QED) is 0.909. The smallest absolute Gasteiger partial charge is 0.255 e. The van der Waals surface area contributed by atoms with Crippen molar-refractivity contribution in [2.24, 2.45) is 0 Å². The van der Waals surface area contributed by atoms with Crippen molar-refractivity contribution in [2.75, 3.05) is 24.3 Å². The molecule has 0 saturated heterocycles. The number of benzene rings is 2. The molecule has 21 heavy (non-hydrogen) atoms. The van der Waals surface area contributed by atoms with Gasteiger partial charge in [0.15, 0.2) is 0 Å². The second-order valence-electron chi connectivity index (χ2n) is 5.35. The number of nitrogens with zero attached hydrogens (tertiary/aromatic N) is 1. The fourth-order valence-corrected chi connectivity index (χ4v) is 2.27. The lowest BCUT2D eigenvalue weighted by atomic mass is 10.1. The molecule has 0 heterocycles. The van der Waals surface area contributed by atoms with E-state index < -0.39 is 0 Å². The SMILES string of the molecule is Cc1cc(O)ccc1C(=O)Nc1ccc(C)c(N(C)C)c1. The van der Waals surface area contributed by atoms with Crippen LogP contribution in [-0.4, -0.2) is 25.1 Å². The molecule has 0 aliphatic rings. The van der Waals surface area contributed by atoms with Crippen molar-refractivity contribution in [1.82, 2.24) is 0 Å². The van der Waals surface area contributed by atoms with Crippen molar-refractivity contribution in [2.45, 2.75) is 13.8 Å². The largest absolute Gasteiger partial charge is 0.508 e. The number of carbonyl (C=O) groups excluding carboxylic acids is 1. The number of amides is 1. The fraction of sp³-hybridized carbons (Fsp3) is 0.235. The predicted molar refractivity (Wildman–Crippen MR) is 86.3 cm³/mol. The predicted octanol–water partition coefficient (Wildman–Crippen LogP) is 3.33. The number of hydrogen-bond donors (Lipinski definition) is 2. The van der Waals surface area contributed by atoms with Gasteiger partial charge >= 0.3 is 0 Å². The van der Waals surface area contributed by atoms with E-state index in [0.29, 0.717) is 5.56 Å². The van der Waals surface area contributed by atoms with Crippen LogP contribution < -0.4 is 10.2 Å². The Labute approximate surface area is 125 Å². The van der Waals surface area contributed by atoms with Gasteiger partial charge < -0.3 is 15.3 Å². The van der Waals surface area contributed by atoms with E-state index in [1.54, 1.807) is 19.1 Å². The Kier molecular flexibility index (Phi) is 4.17. The van der Waals surface area contributed by atoms with Crippen molar-refractivity contribution in [1.29, 1.82) is 0 Å². The molecule has 0 unspecified atom stereocenters. The van der Waals surface area contributed by atoms with Gasteiger partial charge in [-0.2, -0.15) is 0 Å². The van der Waals surface area contributed by atoms with E-state index in [-0.39, 0.29) is 11.7 Å². The van der Waals surface area contributed by atoms with Crippen molar-refractivity contribution in [3.63, 3.8) is 0 Å². The summed E-state index contributed by atoms with van der Waals surface area (Å²) < 4.78 is 0. The number of aryl methyl sites for hydroxylation is 2. The summed E-state index contributed by atoms with van der Waals surface area (Å²) in [5.74, 6) is -0.0182. The summed E-state index contributed by atoms with van der Waals surface area (Å²) in [5, 5.41) is 12.3. The Morgan fingerprint density at radius 2 is 1.76 bits per heavy atom. The van der Waals surface area contributed by atoms with Crippen molar-refractivity contribution in [3.05, 3.63) is 53.1 Å². The van der Waals surface area contributed by atoms with Gasteiger partial charge in [-0.05, 0) is 55.3 Å². The maximum Gasteiger partial charge on any atom is 0.255 e. The summed E-state index contributed by atoms with van der Waals surface area (Å²) in [4.78, 5) is 14.3. The number of phenolic OH excluding ortho intramolecular Hbond substituents is 1. The number of rotatable bonds is 3. The summed E-state index contributed by atoms with van der Waals surface area (Å²) in [5.41, 5.74) is 4.27. The zero-order chi connectivity index (χ0) is 15.6. The minimum Gasteiger partial charge on any atom is -0.508 e. The normalized spacial score (nSPS) is 10.3. The molecule has 0 atom stereocenters. The summed E-state index contributed by atoms with van der Waals surface area (Å²) in [6.07, 6.45) is 0. The highest BCUT2D eigenvalue weighted by Crippen LogP contribution is 2.23. The third kappa shape index (κ3) is 3.34. The molecule has 0 radical (unpaired) electrons. The first-order chi connectivity index (χ1) is 9.88. The van der Waals surface area contributed by atoms with Gasteiger partial charge in [-0.1, -0.05) is 6.07 Å². The maximum atomic E-state index is 12.3. The van der Waals surface area contributed by atoms with Gasteiger partial charge in [0.2, 0.25) is 0 Å². The molecule has 1 amide bonds. The lowest BCUT2D eigenvalue weighted by Gasteiger charge is -2.17. The molecule has 0 aliphatic heterocycles. The highest BCUT2D eigenvalue weighted by atomic mass is 16.3. The first-order valence-corrected chi connectivity index (χ1v) is 6.77. The number of hydrogen-bond acceptors (Lipinski definition) is 3. The van der Waals surface area contributed by atoms with E-state index in [9.17, 15) is 9.90 Å². The molecule has 4 nitrogen and oxygen atoms in total. The van der Waals surface area contributed by atoms with Crippen LogP contribution in [0, 0.1) is 13.8 Å². The third-order valence-electron chi connectivity index (χ3n) is 3.40.